The van der Waals surface area contributed by atoms with Crippen LogP contribution >= 0.6 is 11.3 Å². The molecule has 1 aromatic heterocycles. The summed E-state index contributed by atoms with van der Waals surface area (Å²) in [6.07, 6.45) is 2.33. The number of aromatic nitrogens is 2. The van der Waals surface area contributed by atoms with Gasteiger partial charge in [0.15, 0.2) is 0 Å². The van der Waals surface area contributed by atoms with E-state index in [1.807, 2.05) is 0 Å². The van der Waals surface area contributed by atoms with Crippen LogP contribution in [0.4, 0.5) is 5.13 Å². The van der Waals surface area contributed by atoms with Gasteiger partial charge in [-0.15, -0.1) is 10.2 Å². The molecule has 0 aromatic carbocycles. The van der Waals surface area contributed by atoms with Crippen molar-refractivity contribution in [2.75, 3.05) is 11.9 Å². The van der Waals surface area contributed by atoms with E-state index in [0.717, 1.165) is 24.3 Å². The van der Waals surface area contributed by atoms with Crippen LogP contribution in [0.1, 0.15) is 31.7 Å². The van der Waals surface area contributed by atoms with Crippen LogP contribution in [0.15, 0.2) is 0 Å². The molecule has 0 radical (unpaired) electrons. The third-order valence-electron chi connectivity index (χ3n) is 2.50. The maximum Gasteiger partial charge on any atom is 0.255 e. The molecular weight excluding hydrogens is 238 g/mol. The standard InChI is InChI=1S/C11H17N3O2S/c1-7(2)6-9-13-14-11(17-9)12-10(15)8-4-3-5-16-8/h7-8H,3-6H2,1-2H3,(H,12,14,15). The summed E-state index contributed by atoms with van der Waals surface area (Å²) >= 11 is 1.44. The predicted molar refractivity (Wildman–Crippen MR) is 66.1 cm³/mol. The second-order valence-electron chi connectivity index (χ2n) is 4.59. The molecule has 2 rings (SSSR count). The topological polar surface area (TPSA) is 64.1 Å². The van der Waals surface area contributed by atoms with Crippen LogP contribution in [0.25, 0.3) is 0 Å². The second kappa shape index (κ2) is 5.55. The Hall–Kier alpha value is -1.01. The Morgan fingerprint density at radius 1 is 1.59 bits per heavy atom. The number of ether oxygens (including phenoxy) is 1. The van der Waals surface area contributed by atoms with Gasteiger partial charge in [-0.25, -0.2) is 0 Å². The fourth-order valence-electron chi connectivity index (χ4n) is 1.71. The molecule has 1 saturated heterocycles. The van der Waals surface area contributed by atoms with Crippen molar-refractivity contribution >= 4 is 22.4 Å². The zero-order chi connectivity index (χ0) is 12.3. The first-order valence-electron chi connectivity index (χ1n) is 5.90. The van der Waals surface area contributed by atoms with Crippen molar-refractivity contribution in [1.82, 2.24) is 10.2 Å². The number of carbonyl (C=O) groups is 1. The van der Waals surface area contributed by atoms with Crippen molar-refractivity contribution in [2.24, 2.45) is 5.92 Å². The Labute approximate surface area is 105 Å². The van der Waals surface area contributed by atoms with Crippen LogP contribution in [0.2, 0.25) is 0 Å². The van der Waals surface area contributed by atoms with Gasteiger partial charge in [0.1, 0.15) is 11.1 Å². The molecule has 1 N–H and O–H groups in total. The number of nitrogens with one attached hydrogen (secondary N) is 1. The summed E-state index contributed by atoms with van der Waals surface area (Å²) in [5.41, 5.74) is 0. The van der Waals surface area contributed by atoms with E-state index in [2.05, 4.69) is 29.4 Å². The van der Waals surface area contributed by atoms with Crippen LogP contribution < -0.4 is 5.32 Å². The fraction of sp³-hybridized carbons (Fsp3) is 0.727. The van der Waals surface area contributed by atoms with Crippen molar-refractivity contribution in [3.05, 3.63) is 5.01 Å². The number of hydrogen-bond acceptors (Lipinski definition) is 5. The van der Waals surface area contributed by atoms with Crippen LogP contribution in [0.5, 0.6) is 0 Å². The minimum atomic E-state index is -0.313. The molecule has 1 fully saturated rings. The highest BCUT2D eigenvalue weighted by Gasteiger charge is 2.24. The van der Waals surface area contributed by atoms with Gasteiger partial charge in [-0.1, -0.05) is 25.2 Å². The summed E-state index contributed by atoms with van der Waals surface area (Å²) in [4.78, 5) is 11.7. The summed E-state index contributed by atoms with van der Waals surface area (Å²) in [7, 11) is 0. The van der Waals surface area contributed by atoms with Crippen molar-refractivity contribution in [3.8, 4) is 0 Å². The van der Waals surface area contributed by atoms with Crippen LogP contribution in [-0.4, -0.2) is 28.8 Å². The molecule has 1 unspecified atom stereocenters. The van der Waals surface area contributed by atoms with Gasteiger partial charge in [0, 0.05) is 13.0 Å². The van der Waals surface area contributed by atoms with E-state index >= 15 is 0 Å². The lowest BCUT2D eigenvalue weighted by Gasteiger charge is -2.07. The van der Waals surface area contributed by atoms with E-state index in [1.165, 1.54) is 11.3 Å². The smallest absolute Gasteiger partial charge is 0.255 e. The van der Waals surface area contributed by atoms with Gasteiger partial charge in [0.05, 0.1) is 0 Å². The summed E-state index contributed by atoms with van der Waals surface area (Å²) in [6.45, 7) is 4.94. The van der Waals surface area contributed by atoms with Crippen molar-refractivity contribution in [2.45, 2.75) is 39.2 Å². The highest BCUT2D eigenvalue weighted by Crippen LogP contribution is 2.20. The quantitative estimate of drug-likeness (QED) is 0.892. The van der Waals surface area contributed by atoms with E-state index in [0.29, 0.717) is 17.7 Å². The van der Waals surface area contributed by atoms with E-state index in [1.54, 1.807) is 0 Å². The average molecular weight is 255 g/mol. The number of nitrogens with zero attached hydrogens (tertiary/aromatic N) is 2. The summed E-state index contributed by atoms with van der Waals surface area (Å²) in [5, 5.41) is 12.3. The van der Waals surface area contributed by atoms with Crippen LogP contribution in [0, 0.1) is 5.92 Å². The Balaban J connectivity index is 1.89. The van der Waals surface area contributed by atoms with Crippen molar-refractivity contribution in [1.29, 1.82) is 0 Å². The summed E-state index contributed by atoms with van der Waals surface area (Å²) in [6, 6.07) is 0. The first-order chi connectivity index (χ1) is 8.15. The average Bonchev–Trinajstić information content (AvgIpc) is 2.87. The summed E-state index contributed by atoms with van der Waals surface area (Å²) < 4.78 is 5.30. The summed E-state index contributed by atoms with van der Waals surface area (Å²) in [5.74, 6) is 0.444. The highest BCUT2D eigenvalue weighted by molar-refractivity contribution is 7.15. The number of rotatable bonds is 4. The molecule has 2 heterocycles. The van der Waals surface area contributed by atoms with Gasteiger partial charge in [0.2, 0.25) is 5.13 Å². The fourth-order valence-corrected chi connectivity index (χ4v) is 2.66. The minimum Gasteiger partial charge on any atom is -0.368 e. The lowest BCUT2D eigenvalue weighted by Crippen LogP contribution is -2.26. The van der Waals surface area contributed by atoms with Crippen molar-refractivity contribution in [3.63, 3.8) is 0 Å². The molecule has 6 heteroatoms. The third-order valence-corrected chi connectivity index (χ3v) is 3.36. The maximum atomic E-state index is 11.7. The van der Waals surface area contributed by atoms with Gasteiger partial charge >= 0.3 is 0 Å². The van der Waals surface area contributed by atoms with Gasteiger partial charge < -0.3 is 4.74 Å². The monoisotopic (exact) mass is 255 g/mol. The molecule has 1 atom stereocenters. The molecule has 0 saturated carbocycles. The number of hydrogen-bond donors (Lipinski definition) is 1. The number of amides is 1. The van der Waals surface area contributed by atoms with Crippen LogP contribution in [0.3, 0.4) is 0 Å². The molecule has 1 aliphatic rings. The van der Waals surface area contributed by atoms with Gasteiger partial charge in [0.25, 0.3) is 5.91 Å². The molecule has 0 aliphatic carbocycles. The minimum absolute atomic E-state index is 0.102. The Kier molecular flexibility index (Phi) is 4.06. The van der Waals surface area contributed by atoms with Gasteiger partial charge in [-0.05, 0) is 18.8 Å². The van der Waals surface area contributed by atoms with Crippen molar-refractivity contribution < 1.29 is 9.53 Å². The largest absolute Gasteiger partial charge is 0.368 e. The van der Waals surface area contributed by atoms with Gasteiger partial charge in [-0.3, -0.25) is 10.1 Å². The molecule has 5 nitrogen and oxygen atoms in total. The van der Waals surface area contributed by atoms with E-state index in [4.69, 9.17) is 4.74 Å². The Morgan fingerprint density at radius 3 is 3.06 bits per heavy atom. The van der Waals surface area contributed by atoms with Crippen LogP contribution in [-0.2, 0) is 16.0 Å². The second-order valence-corrected chi connectivity index (χ2v) is 5.65. The molecule has 94 valence electrons. The molecule has 1 aromatic rings. The Morgan fingerprint density at radius 2 is 2.41 bits per heavy atom. The van der Waals surface area contributed by atoms with E-state index < -0.39 is 0 Å². The number of anilines is 1. The zero-order valence-corrected chi connectivity index (χ0v) is 10.9. The maximum absolute atomic E-state index is 11.7. The normalized spacial score (nSPS) is 19.8. The number of carbonyl (C=O) groups excluding carboxylic acids is 1. The first kappa shape index (κ1) is 12.4. The molecule has 0 spiro atoms. The molecule has 0 bridgehead atoms. The molecular formula is C11H17N3O2S. The lowest BCUT2D eigenvalue weighted by atomic mass is 10.1. The SMILES string of the molecule is CC(C)Cc1nnc(NC(=O)C2CCCO2)s1. The first-order valence-corrected chi connectivity index (χ1v) is 6.71. The predicted octanol–water partition coefficient (Wildman–Crippen LogP) is 1.85. The molecule has 1 amide bonds. The highest BCUT2D eigenvalue weighted by atomic mass is 32.1. The third kappa shape index (κ3) is 3.47. The molecule has 1 aliphatic heterocycles. The molecule has 17 heavy (non-hydrogen) atoms. The zero-order valence-electron chi connectivity index (χ0n) is 10.1. The van der Waals surface area contributed by atoms with E-state index in [-0.39, 0.29) is 12.0 Å². The Bertz CT molecular complexity index is 386. The lowest BCUT2D eigenvalue weighted by molar-refractivity contribution is -0.124. The van der Waals surface area contributed by atoms with Gasteiger partial charge in [-0.2, -0.15) is 0 Å². The van der Waals surface area contributed by atoms with E-state index in [9.17, 15) is 4.79 Å².